The fourth-order valence-corrected chi connectivity index (χ4v) is 9.40. The average Bonchev–Trinajstić information content (AvgIpc) is 3.37. The quantitative estimate of drug-likeness (QED) is 0.190. The Morgan fingerprint density at radius 1 is 1.07 bits per heavy atom. The number of carbonyl (C=O) groups is 1. The molecule has 0 aliphatic heterocycles. The predicted molar refractivity (Wildman–Crippen MR) is 169 cm³/mol. The van der Waals surface area contributed by atoms with Gasteiger partial charge in [0.25, 0.3) is 0 Å². The minimum Gasteiger partial charge on any atom is -0.493 e. The number of ether oxygens (including phenoxy) is 3. The summed E-state index contributed by atoms with van der Waals surface area (Å²) in [7, 11) is 1.63. The van der Waals surface area contributed by atoms with Crippen LogP contribution < -0.4 is 20.1 Å². The molecule has 226 valence electrons. The van der Waals surface area contributed by atoms with E-state index in [1.807, 2.05) is 19.1 Å². The molecule has 42 heavy (non-hydrogen) atoms. The number of aryl methyl sites for hydroxylation is 1. The summed E-state index contributed by atoms with van der Waals surface area (Å²) in [5.41, 5.74) is 1.05. The number of fused-ring (bicyclic) bond motifs is 1. The van der Waals surface area contributed by atoms with Crippen LogP contribution in [-0.2, 0) is 9.53 Å². The molecule has 4 fully saturated rings. The van der Waals surface area contributed by atoms with Gasteiger partial charge in [-0.25, -0.2) is 9.97 Å². The summed E-state index contributed by atoms with van der Waals surface area (Å²) in [4.78, 5) is 23.3. The van der Waals surface area contributed by atoms with Gasteiger partial charge in [0, 0.05) is 39.1 Å². The number of nitrogens with zero attached hydrogens (tertiary/aromatic N) is 2. The molecule has 4 aliphatic rings. The summed E-state index contributed by atoms with van der Waals surface area (Å²) < 4.78 is 18.5. The van der Waals surface area contributed by atoms with Crippen LogP contribution in [0.3, 0.4) is 0 Å². The number of benzene rings is 1. The maximum absolute atomic E-state index is 12.7. The molecule has 1 aromatic carbocycles. The molecule has 0 radical (unpaired) electrons. The minimum absolute atomic E-state index is 0.0831. The highest BCUT2D eigenvalue weighted by atomic mass is 79.9. The SMILES string of the molecule is COc1cc2c(NC(C)c3cc(Br)cs3)nc(C)nc2cc1OCCOCCNC(=O)CC12CC3CC(CC(C3)C1)C2. The molecule has 0 saturated heterocycles. The number of amides is 1. The van der Waals surface area contributed by atoms with Gasteiger partial charge in [-0.3, -0.25) is 4.79 Å². The number of anilines is 1. The lowest BCUT2D eigenvalue weighted by Gasteiger charge is -2.56. The summed E-state index contributed by atoms with van der Waals surface area (Å²) in [6, 6.07) is 6.01. The average molecular weight is 658 g/mol. The Bertz CT molecular complexity index is 1390. The van der Waals surface area contributed by atoms with Crippen LogP contribution in [0.5, 0.6) is 11.5 Å². The topological polar surface area (TPSA) is 94.6 Å². The van der Waals surface area contributed by atoms with E-state index in [1.54, 1.807) is 18.4 Å². The lowest BCUT2D eigenvalue weighted by Crippen LogP contribution is -2.48. The third kappa shape index (κ3) is 6.70. The number of aromatic nitrogens is 2. The second kappa shape index (κ2) is 12.7. The van der Waals surface area contributed by atoms with Crippen LogP contribution in [0.1, 0.15) is 68.6 Å². The van der Waals surface area contributed by atoms with E-state index in [2.05, 4.69) is 54.9 Å². The first kappa shape index (κ1) is 29.6. The van der Waals surface area contributed by atoms with Gasteiger partial charge in [0.05, 0.1) is 31.9 Å². The number of carbonyl (C=O) groups excluding carboxylic acids is 1. The van der Waals surface area contributed by atoms with Crippen LogP contribution in [0, 0.1) is 30.1 Å². The maximum Gasteiger partial charge on any atom is 0.220 e. The number of nitrogens with one attached hydrogen (secondary N) is 2. The van der Waals surface area contributed by atoms with Crippen LogP contribution in [0.2, 0.25) is 0 Å². The van der Waals surface area contributed by atoms with Gasteiger partial charge in [0.1, 0.15) is 18.2 Å². The number of halogens is 1. The highest BCUT2D eigenvalue weighted by Gasteiger charge is 2.51. The van der Waals surface area contributed by atoms with E-state index < -0.39 is 0 Å². The molecule has 1 atom stereocenters. The molecule has 1 amide bonds. The highest BCUT2D eigenvalue weighted by molar-refractivity contribution is 9.10. The number of thiophene rings is 1. The molecule has 4 bridgehead atoms. The van der Waals surface area contributed by atoms with Gasteiger partial charge in [-0.15, -0.1) is 11.3 Å². The Kier molecular flexibility index (Phi) is 8.93. The standard InChI is InChI=1S/C32H41BrN4O4S/c1-19(29-11-24(33)18-42-29)35-31-25-12-27(39-3)28(13-26(25)36-20(2)37-31)41-7-6-40-5-4-34-30(38)17-32-14-21-8-22(15-32)10-23(9-21)16-32/h11-13,18-19,21-23H,4-10,14-17H2,1-3H3,(H,34,38)(H,35,36,37). The molecule has 4 aliphatic carbocycles. The van der Waals surface area contributed by atoms with Crippen molar-refractivity contribution < 1.29 is 19.0 Å². The number of hydrogen-bond donors (Lipinski definition) is 2. The summed E-state index contributed by atoms with van der Waals surface area (Å²) in [6.07, 6.45) is 8.67. The van der Waals surface area contributed by atoms with Crippen molar-refractivity contribution >= 4 is 49.9 Å². The number of rotatable bonds is 13. The Labute approximate surface area is 260 Å². The second-order valence-electron chi connectivity index (χ2n) is 12.6. The summed E-state index contributed by atoms with van der Waals surface area (Å²) in [6.45, 7) is 5.77. The Balaban J connectivity index is 0.974. The fraction of sp³-hybridized carbons (Fsp3) is 0.594. The van der Waals surface area contributed by atoms with Crippen molar-refractivity contribution in [2.75, 3.05) is 38.8 Å². The molecule has 4 saturated carbocycles. The molecule has 10 heteroatoms. The molecule has 2 aromatic heterocycles. The lowest BCUT2D eigenvalue weighted by molar-refractivity contribution is -0.129. The zero-order chi connectivity index (χ0) is 29.3. The first-order chi connectivity index (χ1) is 20.3. The molecular formula is C32H41BrN4O4S. The number of hydrogen-bond acceptors (Lipinski definition) is 8. The third-order valence-corrected chi connectivity index (χ3v) is 11.1. The van der Waals surface area contributed by atoms with E-state index in [0.29, 0.717) is 50.1 Å². The molecule has 3 aromatic rings. The maximum atomic E-state index is 12.7. The second-order valence-corrected chi connectivity index (χ2v) is 14.4. The third-order valence-electron chi connectivity index (χ3n) is 9.22. The van der Waals surface area contributed by atoms with Crippen LogP contribution in [-0.4, -0.2) is 49.4 Å². The molecular weight excluding hydrogens is 616 g/mol. The minimum atomic E-state index is 0.0831. The molecule has 2 N–H and O–H groups in total. The van der Waals surface area contributed by atoms with Crippen LogP contribution in [0.15, 0.2) is 28.1 Å². The van der Waals surface area contributed by atoms with E-state index in [0.717, 1.165) is 38.9 Å². The highest BCUT2D eigenvalue weighted by Crippen LogP contribution is 2.61. The van der Waals surface area contributed by atoms with Gasteiger partial charge in [0.2, 0.25) is 5.91 Å². The van der Waals surface area contributed by atoms with E-state index in [9.17, 15) is 4.79 Å². The van der Waals surface area contributed by atoms with Crippen molar-refractivity contribution in [3.63, 3.8) is 0 Å². The first-order valence-electron chi connectivity index (χ1n) is 15.1. The van der Waals surface area contributed by atoms with E-state index in [4.69, 9.17) is 14.2 Å². The van der Waals surface area contributed by atoms with Crippen molar-refractivity contribution in [1.82, 2.24) is 15.3 Å². The van der Waals surface area contributed by atoms with Gasteiger partial charge in [-0.05, 0) is 104 Å². The molecule has 2 heterocycles. The van der Waals surface area contributed by atoms with Gasteiger partial charge < -0.3 is 24.8 Å². The smallest absolute Gasteiger partial charge is 0.220 e. The molecule has 7 rings (SSSR count). The fourth-order valence-electron chi connectivity index (χ4n) is 7.95. The molecule has 1 unspecified atom stereocenters. The van der Waals surface area contributed by atoms with E-state index in [1.165, 1.54) is 43.4 Å². The van der Waals surface area contributed by atoms with E-state index >= 15 is 0 Å². The van der Waals surface area contributed by atoms with E-state index in [-0.39, 0.29) is 17.4 Å². The van der Waals surface area contributed by atoms with Crippen LogP contribution in [0.25, 0.3) is 10.9 Å². The Morgan fingerprint density at radius 3 is 2.48 bits per heavy atom. The Hall–Kier alpha value is -2.43. The summed E-state index contributed by atoms with van der Waals surface area (Å²) >= 11 is 5.23. The summed E-state index contributed by atoms with van der Waals surface area (Å²) in [5.74, 6) is 5.44. The zero-order valence-electron chi connectivity index (χ0n) is 24.7. The van der Waals surface area contributed by atoms with Crippen molar-refractivity contribution in [1.29, 1.82) is 0 Å². The largest absolute Gasteiger partial charge is 0.493 e. The number of methoxy groups -OCH3 is 1. The van der Waals surface area contributed by atoms with Crippen molar-refractivity contribution in [3.05, 3.63) is 38.8 Å². The van der Waals surface area contributed by atoms with Crippen molar-refractivity contribution in [3.8, 4) is 11.5 Å². The van der Waals surface area contributed by atoms with Gasteiger partial charge in [-0.1, -0.05) is 0 Å². The monoisotopic (exact) mass is 656 g/mol. The Morgan fingerprint density at radius 2 is 1.81 bits per heavy atom. The van der Waals surface area contributed by atoms with Gasteiger partial charge in [0.15, 0.2) is 11.5 Å². The summed E-state index contributed by atoms with van der Waals surface area (Å²) in [5, 5.41) is 9.57. The van der Waals surface area contributed by atoms with Gasteiger partial charge >= 0.3 is 0 Å². The lowest BCUT2D eigenvalue weighted by atomic mass is 9.49. The van der Waals surface area contributed by atoms with Crippen molar-refractivity contribution in [2.45, 2.75) is 64.8 Å². The van der Waals surface area contributed by atoms with Crippen molar-refractivity contribution in [2.24, 2.45) is 23.2 Å². The normalized spacial score (nSPS) is 25.0. The molecule has 8 nitrogen and oxygen atoms in total. The van der Waals surface area contributed by atoms with Crippen LogP contribution >= 0.6 is 27.3 Å². The van der Waals surface area contributed by atoms with Crippen LogP contribution in [0.4, 0.5) is 5.82 Å². The molecule has 0 spiro atoms. The van der Waals surface area contributed by atoms with Gasteiger partial charge in [-0.2, -0.15) is 0 Å². The predicted octanol–water partition coefficient (Wildman–Crippen LogP) is 7.06. The zero-order valence-corrected chi connectivity index (χ0v) is 27.1. The first-order valence-corrected chi connectivity index (χ1v) is 16.8.